The molecule has 6 nitrogen and oxygen atoms in total. The Labute approximate surface area is 93.2 Å². The van der Waals surface area contributed by atoms with Gasteiger partial charge in [-0.25, -0.2) is 4.68 Å². The molecule has 1 aliphatic rings. The van der Waals surface area contributed by atoms with Gasteiger partial charge in [-0.1, -0.05) is 0 Å². The summed E-state index contributed by atoms with van der Waals surface area (Å²) in [6, 6.07) is 0. The van der Waals surface area contributed by atoms with Crippen molar-refractivity contribution in [3.63, 3.8) is 0 Å². The van der Waals surface area contributed by atoms with Gasteiger partial charge in [-0.05, 0) is 10.4 Å². The fourth-order valence-electron chi connectivity index (χ4n) is 1.60. The number of aromatic nitrogens is 4. The molecule has 84 valence electrons. The van der Waals surface area contributed by atoms with E-state index < -0.39 is 0 Å². The van der Waals surface area contributed by atoms with E-state index in [2.05, 4.69) is 20.4 Å². The van der Waals surface area contributed by atoms with Crippen LogP contribution in [-0.2, 0) is 13.1 Å². The van der Waals surface area contributed by atoms with Gasteiger partial charge in [0.25, 0.3) is 0 Å². The molecule has 0 aliphatic carbocycles. The van der Waals surface area contributed by atoms with Crippen LogP contribution in [0, 0.1) is 0 Å². The average Bonchev–Trinajstić information content (AvgIpc) is 2.75. The Balaban J connectivity index is 1.81. The summed E-state index contributed by atoms with van der Waals surface area (Å²) >= 11 is 2.02. The van der Waals surface area contributed by atoms with Gasteiger partial charge in [0.2, 0.25) is 0 Å². The largest absolute Gasteiger partial charge is 0.324 e. The van der Waals surface area contributed by atoms with E-state index in [1.807, 2.05) is 11.8 Å². The van der Waals surface area contributed by atoms with E-state index in [0.717, 1.165) is 18.9 Å². The Morgan fingerprint density at radius 1 is 1.27 bits per heavy atom. The Hall–Kier alpha value is -0.660. The number of hydrogen-bond acceptors (Lipinski definition) is 6. The minimum absolute atomic E-state index is 0.406. The van der Waals surface area contributed by atoms with Crippen LogP contribution in [0.5, 0.6) is 0 Å². The third-order valence-electron chi connectivity index (χ3n) is 2.52. The number of hydrogen-bond donors (Lipinski definition) is 1. The van der Waals surface area contributed by atoms with E-state index in [-0.39, 0.29) is 0 Å². The van der Waals surface area contributed by atoms with E-state index in [1.165, 1.54) is 24.6 Å². The van der Waals surface area contributed by atoms with Crippen LogP contribution in [0.3, 0.4) is 0 Å². The normalized spacial score (nSPS) is 18.2. The lowest BCUT2D eigenvalue weighted by Gasteiger charge is -2.25. The molecule has 0 saturated carbocycles. The highest BCUT2D eigenvalue weighted by Crippen LogP contribution is 2.08. The second-order valence-electron chi connectivity index (χ2n) is 3.48. The van der Waals surface area contributed by atoms with Crippen molar-refractivity contribution in [3.8, 4) is 0 Å². The van der Waals surface area contributed by atoms with Crippen molar-refractivity contribution < 1.29 is 0 Å². The SMILES string of the molecule is NCc1nnnn1CCN1CCSCC1. The van der Waals surface area contributed by atoms with Crippen molar-refractivity contribution >= 4 is 11.8 Å². The Morgan fingerprint density at radius 2 is 2.07 bits per heavy atom. The molecule has 2 heterocycles. The molecule has 15 heavy (non-hydrogen) atoms. The van der Waals surface area contributed by atoms with Crippen molar-refractivity contribution in [1.29, 1.82) is 0 Å². The summed E-state index contributed by atoms with van der Waals surface area (Å²) in [5.74, 6) is 3.24. The highest BCUT2D eigenvalue weighted by Gasteiger charge is 2.11. The number of tetrazole rings is 1. The standard InChI is InChI=1S/C8H16N6S/c9-7-8-10-11-12-14(8)2-1-13-3-5-15-6-4-13/h1-7,9H2. The molecule has 0 spiro atoms. The third-order valence-corrected chi connectivity index (χ3v) is 3.46. The molecule has 0 amide bonds. The van der Waals surface area contributed by atoms with Gasteiger partial charge in [-0.2, -0.15) is 11.8 Å². The van der Waals surface area contributed by atoms with Crippen LogP contribution >= 0.6 is 11.8 Å². The summed E-state index contributed by atoms with van der Waals surface area (Å²) in [7, 11) is 0. The number of nitrogens with zero attached hydrogens (tertiary/aromatic N) is 5. The lowest BCUT2D eigenvalue weighted by Crippen LogP contribution is -2.35. The Bertz CT molecular complexity index is 295. The van der Waals surface area contributed by atoms with Crippen LogP contribution in [0.15, 0.2) is 0 Å². The summed E-state index contributed by atoms with van der Waals surface area (Å²) in [6.07, 6.45) is 0. The van der Waals surface area contributed by atoms with E-state index in [1.54, 1.807) is 4.68 Å². The first-order valence-corrected chi connectivity index (χ1v) is 6.31. The van der Waals surface area contributed by atoms with E-state index in [9.17, 15) is 0 Å². The molecule has 2 N–H and O–H groups in total. The topological polar surface area (TPSA) is 72.9 Å². The van der Waals surface area contributed by atoms with Crippen molar-refractivity contribution in [2.45, 2.75) is 13.1 Å². The maximum Gasteiger partial charge on any atom is 0.164 e. The summed E-state index contributed by atoms with van der Waals surface area (Å²) in [5, 5.41) is 11.4. The molecule has 1 fully saturated rings. The first-order valence-electron chi connectivity index (χ1n) is 5.15. The van der Waals surface area contributed by atoms with Gasteiger partial charge in [0.15, 0.2) is 5.82 Å². The molecule has 0 aromatic carbocycles. The van der Waals surface area contributed by atoms with Crippen LogP contribution in [0.25, 0.3) is 0 Å². The van der Waals surface area contributed by atoms with Gasteiger partial charge in [0.1, 0.15) is 0 Å². The van der Waals surface area contributed by atoms with Crippen molar-refractivity contribution in [2.24, 2.45) is 5.73 Å². The van der Waals surface area contributed by atoms with Crippen LogP contribution in [0.4, 0.5) is 0 Å². The minimum Gasteiger partial charge on any atom is -0.324 e. The zero-order valence-electron chi connectivity index (χ0n) is 8.67. The van der Waals surface area contributed by atoms with Crippen molar-refractivity contribution in [2.75, 3.05) is 31.1 Å². The molecule has 0 atom stereocenters. The predicted molar refractivity (Wildman–Crippen MR) is 59.5 cm³/mol. The lowest BCUT2D eigenvalue weighted by molar-refractivity contribution is 0.281. The van der Waals surface area contributed by atoms with E-state index in [4.69, 9.17) is 5.73 Å². The molecule has 1 aliphatic heterocycles. The zero-order chi connectivity index (χ0) is 10.5. The monoisotopic (exact) mass is 228 g/mol. The first kappa shape index (κ1) is 10.8. The van der Waals surface area contributed by atoms with E-state index in [0.29, 0.717) is 6.54 Å². The van der Waals surface area contributed by atoms with E-state index >= 15 is 0 Å². The number of rotatable bonds is 4. The summed E-state index contributed by atoms with van der Waals surface area (Å²) in [4.78, 5) is 2.44. The highest BCUT2D eigenvalue weighted by atomic mass is 32.2. The smallest absolute Gasteiger partial charge is 0.164 e. The molecule has 0 radical (unpaired) electrons. The fourth-order valence-corrected chi connectivity index (χ4v) is 2.58. The maximum atomic E-state index is 5.52. The van der Waals surface area contributed by atoms with Gasteiger partial charge < -0.3 is 5.73 Å². The number of thioether (sulfide) groups is 1. The van der Waals surface area contributed by atoms with Gasteiger partial charge in [0, 0.05) is 31.1 Å². The quantitative estimate of drug-likeness (QED) is 0.726. The Morgan fingerprint density at radius 3 is 2.80 bits per heavy atom. The number of nitrogens with two attached hydrogens (primary N) is 1. The second-order valence-corrected chi connectivity index (χ2v) is 4.70. The third kappa shape index (κ3) is 2.90. The van der Waals surface area contributed by atoms with Crippen LogP contribution in [-0.4, -0.2) is 56.2 Å². The molecular formula is C8H16N6S. The fraction of sp³-hybridized carbons (Fsp3) is 0.875. The van der Waals surface area contributed by atoms with Gasteiger partial charge >= 0.3 is 0 Å². The summed E-state index contributed by atoms with van der Waals surface area (Å²) in [6.45, 7) is 4.60. The highest BCUT2D eigenvalue weighted by molar-refractivity contribution is 7.99. The summed E-state index contributed by atoms with van der Waals surface area (Å²) < 4.78 is 1.79. The molecule has 0 unspecified atom stereocenters. The lowest BCUT2D eigenvalue weighted by atomic mass is 10.4. The van der Waals surface area contributed by atoms with Crippen LogP contribution < -0.4 is 5.73 Å². The van der Waals surface area contributed by atoms with Crippen LogP contribution in [0.1, 0.15) is 5.82 Å². The van der Waals surface area contributed by atoms with Gasteiger partial charge in [-0.3, -0.25) is 4.90 Å². The molecule has 1 aromatic heterocycles. The summed E-state index contributed by atoms with van der Waals surface area (Å²) in [5.41, 5.74) is 5.52. The first-order chi connectivity index (χ1) is 7.40. The molecule has 0 bridgehead atoms. The molecule has 2 rings (SSSR count). The van der Waals surface area contributed by atoms with Gasteiger partial charge in [0.05, 0.1) is 13.1 Å². The van der Waals surface area contributed by atoms with Crippen molar-refractivity contribution in [1.82, 2.24) is 25.1 Å². The molecule has 1 saturated heterocycles. The average molecular weight is 228 g/mol. The van der Waals surface area contributed by atoms with Gasteiger partial charge in [-0.15, -0.1) is 5.10 Å². The van der Waals surface area contributed by atoms with Crippen LogP contribution in [0.2, 0.25) is 0 Å². The Kier molecular flexibility index (Phi) is 3.93. The maximum absolute atomic E-state index is 5.52. The van der Waals surface area contributed by atoms with Crippen molar-refractivity contribution in [3.05, 3.63) is 5.82 Å². The predicted octanol–water partition coefficient (Wildman–Crippen LogP) is -0.819. The molecule has 7 heteroatoms. The molecule has 1 aromatic rings. The minimum atomic E-state index is 0.406. The zero-order valence-corrected chi connectivity index (χ0v) is 9.49. The second kappa shape index (κ2) is 5.43. The molecular weight excluding hydrogens is 212 g/mol.